The molecular formula is C22H45P. The lowest BCUT2D eigenvalue weighted by molar-refractivity contribution is 0.584. The van der Waals surface area contributed by atoms with Gasteiger partial charge in [0.15, 0.2) is 0 Å². The maximum Gasteiger partial charge on any atom is 0.00779 e. The average Bonchev–Trinajstić information content (AvgIpc) is 2.58. The highest BCUT2D eigenvalue weighted by atomic mass is 31.0. The molecule has 0 spiro atoms. The molecule has 0 saturated heterocycles. The monoisotopic (exact) mass is 340 g/mol. The second-order valence-corrected chi connectivity index (χ2v) is 5.29. The molecule has 0 radical (unpaired) electrons. The molecule has 0 aliphatic heterocycles. The molecule has 1 heteroatoms. The van der Waals surface area contributed by atoms with Crippen LogP contribution in [-0.2, 0) is 0 Å². The molecule has 0 saturated carbocycles. The molecular weight excluding hydrogens is 295 g/mol. The van der Waals surface area contributed by atoms with Gasteiger partial charge in [-0.2, -0.15) is 0 Å². The molecule has 0 aliphatic rings. The minimum Gasteiger partial charge on any atom is -0.122 e. The van der Waals surface area contributed by atoms with Gasteiger partial charge in [-0.15, -0.1) is 8.86 Å². The molecule has 0 unspecified atom stereocenters. The van der Waals surface area contributed by atoms with Crippen LogP contribution >= 0.6 is 8.86 Å². The Morgan fingerprint density at radius 1 is 0.957 bits per heavy atom. The summed E-state index contributed by atoms with van der Waals surface area (Å²) in [5.41, 5.74) is 2.84. The summed E-state index contributed by atoms with van der Waals surface area (Å²) in [7, 11) is 3.44. The molecule has 0 fully saturated rings. The van der Waals surface area contributed by atoms with E-state index in [9.17, 15) is 0 Å². The van der Waals surface area contributed by atoms with Crippen LogP contribution in [0.4, 0.5) is 0 Å². The highest BCUT2D eigenvalue weighted by molar-refractivity contribution is 7.18. The normalized spacial score (nSPS) is 11.4. The van der Waals surface area contributed by atoms with Crippen LogP contribution in [0.25, 0.3) is 0 Å². The van der Waals surface area contributed by atoms with Gasteiger partial charge >= 0.3 is 0 Å². The van der Waals surface area contributed by atoms with E-state index in [1.807, 2.05) is 47.3 Å². The third-order valence-electron chi connectivity index (χ3n) is 2.87. The maximum absolute atomic E-state index is 3.44. The molecule has 0 atom stereocenters. The Hall–Kier alpha value is -0.610. The minimum atomic E-state index is 0.0913. The topological polar surface area (TPSA) is 0 Å². The summed E-state index contributed by atoms with van der Waals surface area (Å²) >= 11 is 0. The van der Waals surface area contributed by atoms with Gasteiger partial charge in [-0.1, -0.05) is 106 Å². The lowest BCUT2D eigenvalue weighted by atomic mass is 9.79. The third-order valence-corrected chi connectivity index (χ3v) is 3.04. The Morgan fingerprint density at radius 3 is 1.78 bits per heavy atom. The predicted octanol–water partition coefficient (Wildman–Crippen LogP) is 8.68. The molecule has 0 nitrogen and oxygen atoms in total. The van der Waals surface area contributed by atoms with Crippen molar-refractivity contribution < 1.29 is 0 Å². The third kappa shape index (κ3) is 17.6. The first-order valence-corrected chi connectivity index (χ1v) is 10.1. The number of rotatable bonds is 7. The molecule has 0 aromatic carbocycles. The van der Waals surface area contributed by atoms with Crippen molar-refractivity contribution >= 4 is 14.7 Å². The lowest BCUT2D eigenvalue weighted by Crippen LogP contribution is -2.13. The summed E-state index contributed by atoms with van der Waals surface area (Å²) in [5.74, 6) is 1.94. The van der Waals surface area contributed by atoms with E-state index in [-0.39, 0.29) is 5.41 Å². The predicted molar refractivity (Wildman–Crippen MR) is 118 cm³/mol. The van der Waals surface area contributed by atoms with Crippen molar-refractivity contribution in [3.05, 3.63) is 35.5 Å². The number of unbranched alkanes of at least 4 members (excludes halogenated alkanes) is 1. The fourth-order valence-corrected chi connectivity index (χ4v) is 2.15. The van der Waals surface area contributed by atoms with Crippen LogP contribution < -0.4 is 0 Å². The quantitative estimate of drug-likeness (QED) is 0.247. The van der Waals surface area contributed by atoms with Crippen molar-refractivity contribution in [2.45, 2.75) is 95.4 Å². The van der Waals surface area contributed by atoms with Crippen LogP contribution in [0.1, 0.15) is 95.4 Å². The first kappa shape index (κ1) is 30.3. The number of hydrogen-bond acceptors (Lipinski definition) is 0. The summed E-state index contributed by atoms with van der Waals surface area (Å²) in [5, 5.41) is 0. The summed E-state index contributed by atoms with van der Waals surface area (Å²) < 4.78 is 0. The molecule has 0 amide bonds. The van der Waals surface area contributed by atoms with Gasteiger partial charge < -0.3 is 0 Å². The molecule has 0 heterocycles. The maximum atomic E-state index is 3.44. The van der Waals surface area contributed by atoms with E-state index in [4.69, 9.17) is 0 Å². The van der Waals surface area contributed by atoms with Crippen molar-refractivity contribution in [1.29, 1.82) is 0 Å². The molecule has 0 N–H and O–H groups in total. The van der Waals surface area contributed by atoms with Crippen molar-refractivity contribution in [2.75, 3.05) is 0 Å². The standard InChI is InChI=1S/C16H27P.3C2H6/c1-6-8-9-12-16(4,5)15(11-13-17)14(3)10-7-2;3*1-2/h9-13,17H,6-8H2,1-5H3;3*1-2H3/b12-9-,14-10-,15-11+;;;. The van der Waals surface area contributed by atoms with Gasteiger partial charge in [0, 0.05) is 5.41 Å². The van der Waals surface area contributed by atoms with Crippen LogP contribution in [-0.4, -0.2) is 5.80 Å². The highest BCUT2D eigenvalue weighted by Crippen LogP contribution is 2.33. The van der Waals surface area contributed by atoms with Gasteiger partial charge in [-0.3, -0.25) is 0 Å². The largest absolute Gasteiger partial charge is 0.122 e. The van der Waals surface area contributed by atoms with Crippen molar-refractivity contribution in [3.63, 3.8) is 0 Å². The first-order valence-electron chi connectivity index (χ1n) is 9.55. The van der Waals surface area contributed by atoms with Gasteiger partial charge in [-0.25, -0.2) is 0 Å². The van der Waals surface area contributed by atoms with Crippen LogP contribution in [0.3, 0.4) is 0 Å². The Labute approximate surface area is 151 Å². The number of allylic oxidation sites excluding steroid dienone is 6. The van der Waals surface area contributed by atoms with Crippen LogP contribution in [0.2, 0.25) is 0 Å². The minimum absolute atomic E-state index is 0.0913. The second kappa shape index (κ2) is 23.7. The molecule has 0 rings (SSSR count). The Morgan fingerprint density at radius 2 is 1.43 bits per heavy atom. The molecule has 0 bridgehead atoms. The van der Waals surface area contributed by atoms with Crippen LogP contribution in [0.5, 0.6) is 0 Å². The van der Waals surface area contributed by atoms with E-state index in [1.165, 1.54) is 17.6 Å². The zero-order chi connectivity index (χ0) is 19.3. The lowest BCUT2D eigenvalue weighted by Gasteiger charge is -2.25. The van der Waals surface area contributed by atoms with E-state index in [0.29, 0.717) is 0 Å². The Kier molecular flexibility index (Phi) is 31.2. The molecule has 138 valence electrons. The SMILES string of the molecule is CC.CC.CC.CC/C=C(C)\C(=C/C=P)C(C)(C)/C=C\CCC. The fraction of sp³-hybridized carbons (Fsp3) is 0.682. The Balaban J connectivity index is -0.000000267. The first-order chi connectivity index (χ1) is 11.0. The van der Waals surface area contributed by atoms with Gasteiger partial charge in [0.2, 0.25) is 0 Å². The van der Waals surface area contributed by atoms with Crippen LogP contribution in [0, 0.1) is 5.41 Å². The van der Waals surface area contributed by atoms with Gasteiger partial charge in [-0.05, 0) is 31.1 Å². The van der Waals surface area contributed by atoms with Crippen molar-refractivity contribution in [2.24, 2.45) is 5.41 Å². The highest BCUT2D eigenvalue weighted by Gasteiger charge is 2.20. The summed E-state index contributed by atoms with van der Waals surface area (Å²) in [6, 6.07) is 0. The average molecular weight is 341 g/mol. The summed E-state index contributed by atoms with van der Waals surface area (Å²) in [6.45, 7) is 23.1. The summed E-state index contributed by atoms with van der Waals surface area (Å²) in [6.07, 6.45) is 12.5. The van der Waals surface area contributed by atoms with Crippen LogP contribution in [0.15, 0.2) is 35.5 Å². The smallest absolute Gasteiger partial charge is 0.00779 e. The zero-order valence-corrected chi connectivity index (χ0v) is 19.0. The second-order valence-electron chi connectivity index (χ2n) is 4.96. The fourth-order valence-electron chi connectivity index (χ4n) is 1.99. The molecule has 0 aromatic heterocycles. The van der Waals surface area contributed by atoms with E-state index in [0.717, 1.165) is 12.8 Å². The molecule has 0 aliphatic carbocycles. The van der Waals surface area contributed by atoms with Gasteiger partial charge in [0.05, 0.1) is 0 Å². The van der Waals surface area contributed by atoms with Crippen molar-refractivity contribution in [1.82, 2.24) is 0 Å². The number of hydrogen-bond donors (Lipinski definition) is 0. The van der Waals surface area contributed by atoms with Crippen molar-refractivity contribution in [3.8, 4) is 0 Å². The Bertz CT molecular complexity index is 317. The van der Waals surface area contributed by atoms with E-state index < -0.39 is 0 Å². The van der Waals surface area contributed by atoms with Gasteiger partial charge in [0.25, 0.3) is 0 Å². The van der Waals surface area contributed by atoms with E-state index in [2.05, 4.69) is 67.8 Å². The van der Waals surface area contributed by atoms with E-state index >= 15 is 0 Å². The zero-order valence-electron chi connectivity index (χ0n) is 18.0. The molecule has 23 heavy (non-hydrogen) atoms. The van der Waals surface area contributed by atoms with Gasteiger partial charge in [0.1, 0.15) is 0 Å². The summed E-state index contributed by atoms with van der Waals surface area (Å²) in [4.78, 5) is 0. The van der Waals surface area contributed by atoms with E-state index in [1.54, 1.807) is 0 Å². The molecule has 0 aromatic rings.